The van der Waals surface area contributed by atoms with Gasteiger partial charge >= 0.3 is 11.9 Å². The van der Waals surface area contributed by atoms with Gasteiger partial charge in [-0.25, -0.2) is 4.79 Å². The van der Waals surface area contributed by atoms with E-state index >= 15 is 0 Å². The number of amides is 2. The van der Waals surface area contributed by atoms with E-state index in [9.17, 15) is 24.3 Å². The lowest BCUT2D eigenvalue weighted by Crippen LogP contribution is -2.52. The van der Waals surface area contributed by atoms with E-state index in [-0.39, 0.29) is 25.1 Å². The van der Waals surface area contributed by atoms with Crippen molar-refractivity contribution in [3.8, 4) is 11.8 Å². The molecule has 0 unspecified atom stereocenters. The van der Waals surface area contributed by atoms with Gasteiger partial charge in [-0.05, 0) is 17.7 Å². The second-order valence-corrected chi connectivity index (χ2v) is 7.60. The van der Waals surface area contributed by atoms with Gasteiger partial charge in [0.2, 0.25) is 11.8 Å². The van der Waals surface area contributed by atoms with Crippen LogP contribution in [0.2, 0.25) is 0 Å². The van der Waals surface area contributed by atoms with Gasteiger partial charge in [-0.3, -0.25) is 19.8 Å². The predicted octanol–water partition coefficient (Wildman–Crippen LogP) is 0.874. The molecule has 182 valence electrons. The number of carboxylic acid groups (broad SMARTS) is 2. The molecule has 0 fully saturated rings. The van der Waals surface area contributed by atoms with Gasteiger partial charge in [-0.1, -0.05) is 54.3 Å². The molecule has 0 radical (unpaired) electrons. The van der Waals surface area contributed by atoms with Crippen molar-refractivity contribution in [2.45, 2.75) is 37.8 Å². The Morgan fingerprint density at radius 1 is 0.943 bits per heavy atom. The number of rotatable bonds is 11. The van der Waals surface area contributed by atoms with Crippen molar-refractivity contribution in [3.05, 3.63) is 71.3 Å². The van der Waals surface area contributed by atoms with Crippen LogP contribution in [0, 0.1) is 17.3 Å². The monoisotopic (exact) mass is 478 g/mol. The van der Waals surface area contributed by atoms with E-state index < -0.39 is 42.3 Å². The molecule has 7 N–H and O–H groups in total. The fourth-order valence-corrected chi connectivity index (χ4v) is 3.05. The molecule has 0 bridgehead atoms. The highest BCUT2D eigenvalue weighted by Gasteiger charge is 2.28. The first kappa shape index (κ1) is 26.6. The summed E-state index contributed by atoms with van der Waals surface area (Å²) in [5.74, 6) is 1.50. The quantitative estimate of drug-likeness (QED) is 0.157. The number of amidine groups is 1. The van der Waals surface area contributed by atoms with Crippen LogP contribution in [0.15, 0.2) is 54.6 Å². The highest BCUT2D eigenvalue weighted by atomic mass is 16.4. The first-order valence-corrected chi connectivity index (χ1v) is 10.7. The molecule has 2 aromatic rings. The molecule has 35 heavy (non-hydrogen) atoms. The van der Waals surface area contributed by atoms with Crippen LogP contribution in [0.5, 0.6) is 0 Å². The van der Waals surface area contributed by atoms with Gasteiger partial charge in [0.25, 0.3) is 0 Å². The third-order valence-electron chi connectivity index (χ3n) is 4.83. The number of carbonyl (C=O) groups is 4. The molecule has 2 amide bonds. The maximum absolute atomic E-state index is 12.6. The molecule has 0 spiro atoms. The summed E-state index contributed by atoms with van der Waals surface area (Å²) in [4.78, 5) is 47.7. The summed E-state index contributed by atoms with van der Waals surface area (Å²) in [5, 5.41) is 30.6. The topological polar surface area (TPSA) is 183 Å². The molecule has 0 aromatic heterocycles. The van der Waals surface area contributed by atoms with Gasteiger partial charge in [-0.2, -0.15) is 0 Å². The summed E-state index contributed by atoms with van der Waals surface area (Å²) in [6, 6.07) is 12.6. The largest absolute Gasteiger partial charge is 0.481 e. The minimum Gasteiger partial charge on any atom is -0.481 e. The third-order valence-corrected chi connectivity index (χ3v) is 4.83. The van der Waals surface area contributed by atoms with Crippen LogP contribution in [-0.4, -0.2) is 51.9 Å². The summed E-state index contributed by atoms with van der Waals surface area (Å²) < 4.78 is 0. The number of aliphatic carboxylic acids is 2. The van der Waals surface area contributed by atoms with Crippen molar-refractivity contribution >= 4 is 29.6 Å². The van der Waals surface area contributed by atoms with Gasteiger partial charge < -0.3 is 26.6 Å². The number of carboxylic acids is 2. The average Bonchev–Trinajstić information content (AvgIpc) is 2.81. The fraction of sp³-hybridized carbons (Fsp3) is 0.240. The van der Waals surface area contributed by atoms with Crippen molar-refractivity contribution < 1.29 is 29.4 Å². The number of nitrogens with one attached hydrogen (secondary N) is 3. The molecule has 10 nitrogen and oxygen atoms in total. The number of hydrogen-bond acceptors (Lipinski definition) is 5. The minimum absolute atomic E-state index is 0.00135. The number of nitrogen functional groups attached to an aromatic ring is 1. The maximum atomic E-state index is 12.6. The molecule has 0 saturated carbocycles. The summed E-state index contributed by atoms with van der Waals surface area (Å²) in [5.41, 5.74) is 7.29. The van der Waals surface area contributed by atoms with Crippen molar-refractivity contribution in [1.29, 1.82) is 5.41 Å². The normalized spacial score (nSPS) is 11.8. The zero-order chi connectivity index (χ0) is 25.8. The van der Waals surface area contributed by atoms with Crippen LogP contribution >= 0.6 is 0 Å². The number of carbonyl (C=O) groups excluding carboxylic acids is 2. The van der Waals surface area contributed by atoms with Crippen molar-refractivity contribution in [3.63, 3.8) is 0 Å². The molecule has 0 aliphatic heterocycles. The summed E-state index contributed by atoms with van der Waals surface area (Å²) in [6.45, 7) is 0. The van der Waals surface area contributed by atoms with Gasteiger partial charge in [0, 0.05) is 30.4 Å². The van der Waals surface area contributed by atoms with E-state index in [1.165, 1.54) is 0 Å². The summed E-state index contributed by atoms with van der Waals surface area (Å²) in [6.07, 6.45) is -0.649. The van der Waals surface area contributed by atoms with Gasteiger partial charge in [0.15, 0.2) is 0 Å². The molecule has 10 heteroatoms. The SMILES string of the molecule is N=C(N)c1ccc(C#CCCC(=O)N[C@@H](CC(=O)O)C(=O)N[C@@H](Cc2ccccc2)C(=O)O)cc1. The van der Waals surface area contributed by atoms with Crippen LogP contribution in [0.4, 0.5) is 0 Å². The summed E-state index contributed by atoms with van der Waals surface area (Å²) >= 11 is 0. The van der Waals surface area contributed by atoms with E-state index in [1.54, 1.807) is 54.6 Å². The Labute approximate surface area is 202 Å². The Morgan fingerprint density at radius 3 is 2.17 bits per heavy atom. The fourth-order valence-electron chi connectivity index (χ4n) is 3.05. The van der Waals surface area contributed by atoms with Gasteiger partial charge in [0.05, 0.1) is 6.42 Å². The first-order chi connectivity index (χ1) is 16.7. The Bertz CT molecular complexity index is 1140. The summed E-state index contributed by atoms with van der Waals surface area (Å²) in [7, 11) is 0. The van der Waals surface area contributed by atoms with Crippen LogP contribution in [0.1, 0.15) is 36.0 Å². The molecule has 0 saturated heterocycles. The lowest BCUT2D eigenvalue weighted by molar-refractivity contribution is -0.143. The third kappa shape index (κ3) is 9.39. The van der Waals surface area contributed by atoms with Crippen molar-refractivity contribution in [2.24, 2.45) is 5.73 Å². The van der Waals surface area contributed by atoms with Crippen molar-refractivity contribution in [2.75, 3.05) is 0 Å². The Kier molecular flexibility index (Phi) is 10.00. The van der Waals surface area contributed by atoms with Gasteiger partial charge in [-0.15, -0.1) is 0 Å². The lowest BCUT2D eigenvalue weighted by atomic mass is 10.1. The van der Waals surface area contributed by atoms with E-state index in [0.717, 1.165) is 0 Å². The van der Waals surface area contributed by atoms with E-state index in [1.807, 2.05) is 0 Å². The van der Waals surface area contributed by atoms with Crippen LogP contribution < -0.4 is 16.4 Å². The molecule has 2 atom stereocenters. The number of hydrogen-bond donors (Lipinski definition) is 6. The molecular weight excluding hydrogens is 452 g/mol. The average molecular weight is 479 g/mol. The van der Waals surface area contributed by atoms with Crippen LogP contribution in [0.25, 0.3) is 0 Å². The number of nitrogens with two attached hydrogens (primary N) is 1. The van der Waals surface area contributed by atoms with E-state index in [0.29, 0.717) is 16.7 Å². The smallest absolute Gasteiger partial charge is 0.326 e. The first-order valence-electron chi connectivity index (χ1n) is 10.7. The molecule has 2 rings (SSSR count). The highest BCUT2D eigenvalue weighted by molar-refractivity contribution is 5.95. The minimum atomic E-state index is -1.44. The van der Waals surface area contributed by atoms with E-state index in [2.05, 4.69) is 22.5 Å². The number of benzene rings is 2. The van der Waals surface area contributed by atoms with Crippen LogP contribution in [0.3, 0.4) is 0 Å². The Balaban J connectivity index is 1.95. The zero-order valence-corrected chi connectivity index (χ0v) is 18.8. The maximum Gasteiger partial charge on any atom is 0.326 e. The van der Waals surface area contributed by atoms with Gasteiger partial charge in [0.1, 0.15) is 17.9 Å². The second-order valence-electron chi connectivity index (χ2n) is 7.60. The molecule has 0 aliphatic carbocycles. The highest BCUT2D eigenvalue weighted by Crippen LogP contribution is 2.06. The molecule has 0 aliphatic rings. The van der Waals surface area contributed by atoms with Crippen LogP contribution in [-0.2, 0) is 25.6 Å². The van der Waals surface area contributed by atoms with E-state index in [4.69, 9.17) is 16.2 Å². The lowest BCUT2D eigenvalue weighted by Gasteiger charge is -2.20. The second kappa shape index (κ2) is 13.2. The molecule has 2 aromatic carbocycles. The predicted molar refractivity (Wildman–Crippen MR) is 127 cm³/mol. The Hall–Kier alpha value is -4.65. The standard InChI is InChI=1S/C25H26N4O6/c26-23(27)18-12-10-16(11-13-18)6-4-5-9-21(30)28-19(15-22(31)32)24(33)29-20(25(34)35)14-17-7-2-1-3-8-17/h1-3,7-8,10-13,19-20H,5,9,14-15H2,(H3,26,27)(H,28,30)(H,29,33)(H,31,32)(H,34,35)/t19-,20-/m0/s1. The zero-order valence-electron chi connectivity index (χ0n) is 18.8. The molecule has 0 heterocycles. The Morgan fingerprint density at radius 2 is 1.60 bits per heavy atom. The van der Waals surface area contributed by atoms with Crippen molar-refractivity contribution in [1.82, 2.24) is 10.6 Å². The molecular formula is C25H26N4O6.